The highest BCUT2D eigenvalue weighted by molar-refractivity contribution is 7.11. The highest BCUT2D eigenvalue weighted by atomic mass is 32.1. The molecule has 0 aliphatic carbocycles. The van der Waals surface area contributed by atoms with Crippen LogP contribution in [0.2, 0.25) is 0 Å². The Hall–Kier alpha value is -2.61. The van der Waals surface area contributed by atoms with Gasteiger partial charge in [0, 0.05) is 25.5 Å². The Labute approximate surface area is 170 Å². The van der Waals surface area contributed by atoms with Crippen LogP contribution in [0.25, 0.3) is 0 Å². The fourth-order valence-electron chi connectivity index (χ4n) is 2.29. The molecule has 0 saturated carbocycles. The van der Waals surface area contributed by atoms with E-state index in [4.69, 9.17) is 4.74 Å². The molecule has 1 amide bonds. The topological polar surface area (TPSA) is 78.9 Å². The summed E-state index contributed by atoms with van der Waals surface area (Å²) in [5, 5.41) is 7.61. The first-order chi connectivity index (χ1) is 13.4. The first-order valence-corrected chi connectivity index (χ1v) is 10.1. The Morgan fingerprint density at radius 1 is 1.29 bits per heavy atom. The molecule has 2 aromatic rings. The zero-order chi connectivity index (χ0) is 20.5. The summed E-state index contributed by atoms with van der Waals surface area (Å²) in [4.78, 5) is 23.6. The van der Waals surface area contributed by atoms with E-state index >= 15 is 0 Å². The molecule has 2 N–H and O–H groups in total. The third-order valence-corrected chi connectivity index (χ3v) is 5.08. The number of guanidine groups is 1. The molecule has 8 heteroatoms. The van der Waals surface area contributed by atoms with Gasteiger partial charge in [-0.3, -0.25) is 4.79 Å². The zero-order valence-corrected chi connectivity index (χ0v) is 18.0. The molecule has 0 fully saturated rings. The van der Waals surface area contributed by atoms with Crippen LogP contribution < -0.4 is 15.4 Å². The predicted molar refractivity (Wildman–Crippen MR) is 114 cm³/mol. The van der Waals surface area contributed by atoms with Crippen LogP contribution in [0.5, 0.6) is 5.75 Å². The van der Waals surface area contributed by atoms with Gasteiger partial charge in [0.05, 0.1) is 18.8 Å². The molecule has 152 valence electrons. The average molecular weight is 404 g/mol. The average Bonchev–Trinajstić information content (AvgIpc) is 3.00. The third-order valence-electron chi connectivity index (χ3n) is 4.00. The number of carbonyl (C=O) groups excluding carboxylic acids is 1. The number of nitrogens with one attached hydrogen (secondary N) is 2. The second kappa shape index (κ2) is 10.7. The van der Waals surface area contributed by atoms with Gasteiger partial charge in [0.1, 0.15) is 10.8 Å². The van der Waals surface area contributed by atoms with Crippen molar-refractivity contribution in [3.05, 3.63) is 45.4 Å². The normalized spacial score (nSPS) is 11.2. The van der Waals surface area contributed by atoms with Crippen LogP contribution in [0.3, 0.4) is 0 Å². The molecule has 0 bridgehead atoms. The van der Waals surface area contributed by atoms with Gasteiger partial charge in [-0.1, -0.05) is 12.1 Å². The van der Waals surface area contributed by atoms with Crippen molar-refractivity contribution >= 4 is 23.2 Å². The number of benzene rings is 1. The second-order valence-corrected chi connectivity index (χ2v) is 7.81. The molecule has 1 aromatic carbocycles. The Morgan fingerprint density at radius 2 is 2.07 bits per heavy atom. The third kappa shape index (κ3) is 6.84. The van der Waals surface area contributed by atoms with Crippen LogP contribution in [-0.4, -0.2) is 49.0 Å². The number of aromatic nitrogens is 1. The molecule has 0 spiro atoms. The molecule has 2 rings (SSSR count). The van der Waals surface area contributed by atoms with Crippen molar-refractivity contribution in [2.45, 2.75) is 33.9 Å². The van der Waals surface area contributed by atoms with E-state index in [1.165, 1.54) is 9.78 Å². The summed E-state index contributed by atoms with van der Waals surface area (Å²) in [5.41, 5.74) is 2.08. The number of ether oxygens (including phenoxy) is 1. The number of hydrogen-bond donors (Lipinski definition) is 2. The van der Waals surface area contributed by atoms with E-state index in [-0.39, 0.29) is 12.5 Å². The van der Waals surface area contributed by atoms with Crippen molar-refractivity contribution in [3.63, 3.8) is 0 Å². The number of likely N-dealkylation sites (N-methyl/N-ethyl adjacent to an activating group) is 1. The monoisotopic (exact) mass is 403 g/mol. The summed E-state index contributed by atoms with van der Waals surface area (Å²) >= 11 is 1.70. The maximum absolute atomic E-state index is 11.7. The molecule has 0 aliphatic rings. The lowest BCUT2D eigenvalue weighted by molar-refractivity contribution is -0.130. The molecular weight excluding hydrogens is 374 g/mol. The predicted octanol–water partition coefficient (Wildman–Crippen LogP) is 2.48. The minimum absolute atomic E-state index is 0.0244. The van der Waals surface area contributed by atoms with Crippen LogP contribution in [0.15, 0.2) is 29.3 Å². The lowest BCUT2D eigenvalue weighted by Gasteiger charge is -2.12. The van der Waals surface area contributed by atoms with Crippen LogP contribution in [0.1, 0.15) is 28.1 Å². The molecule has 0 unspecified atom stereocenters. The lowest BCUT2D eigenvalue weighted by Crippen LogP contribution is -2.36. The number of nitrogens with zero attached hydrogens (tertiary/aromatic N) is 3. The molecule has 1 aromatic heterocycles. The Morgan fingerprint density at radius 3 is 2.71 bits per heavy atom. The number of amides is 1. The van der Waals surface area contributed by atoms with Gasteiger partial charge < -0.3 is 20.3 Å². The minimum Gasteiger partial charge on any atom is -0.484 e. The lowest BCUT2D eigenvalue weighted by atomic mass is 10.2. The maximum atomic E-state index is 11.7. The molecule has 0 saturated heterocycles. The molecular formula is C20H29N5O2S. The van der Waals surface area contributed by atoms with E-state index in [1.807, 2.05) is 38.1 Å². The van der Waals surface area contributed by atoms with Crippen LogP contribution in [0, 0.1) is 13.8 Å². The van der Waals surface area contributed by atoms with Gasteiger partial charge in [-0.2, -0.15) is 0 Å². The van der Waals surface area contributed by atoms with E-state index in [0.717, 1.165) is 28.8 Å². The highest BCUT2D eigenvalue weighted by Gasteiger charge is 2.07. The van der Waals surface area contributed by atoms with Crippen molar-refractivity contribution in [1.82, 2.24) is 20.5 Å². The largest absolute Gasteiger partial charge is 0.484 e. The first kappa shape index (κ1) is 21.7. The smallest absolute Gasteiger partial charge is 0.259 e. The van der Waals surface area contributed by atoms with Gasteiger partial charge in [-0.15, -0.1) is 11.3 Å². The standard InChI is InChI=1S/C20H29N5O2S/c1-6-21-20(23-12-18-24-14(2)15(3)28-18)22-11-16-8-7-9-17(10-16)27-13-19(26)25(4)5/h7-10H,6,11-13H2,1-5H3,(H2,21,22,23). The van der Waals surface area contributed by atoms with Crippen molar-refractivity contribution < 1.29 is 9.53 Å². The Bertz CT molecular complexity index is 797. The number of thiazole rings is 1. The fourth-order valence-corrected chi connectivity index (χ4v) is 3.17. The molecule has 0 aliphatic heterocycles. The van der Waals surface area contributed by atoms with Crippen LogP contribution in [0.4, 0.5) is 0 Å². The summed E-state index contributed by atoms with van der Waals surface area (Å²) in [7, 11) is 3.42. The van der Waals surface area contributed by atoms with E-state index < -0.39 is 0 Å². The van der Waals surface area contributed by atoms with Crippen molar-refractivity contribution in [1.29, 1.82) is 0 Å². The Balaban J connectivity index is 1.95. The number of aryl methyl sites for hydroxylation is 2. The quantitative estimate of drug-likeness (QED) is 0.523. The number of rotatable bonds is 8. The fraction of sp³-hybridized carbons (Fsp3) is 0.450. The molecule has 0 radical (unpaired) electrons. The van der Waals surface area contributed by atoms with E-state index in [9.17, 15) is 4.79 Å². The molecule has 1 heterocycles. The summed E-state index contributed by atoms with van der Waals surface area (Å²) in [6, 6.07) is 7.64. The van der Waals surface area contributed by atoms with Gasteiger partial charge in [0.15, 0.2) is 12.6 Å². The maximum Gasteiger partial charge on any atom is 0.259 e. The zero-order valence-electron chi connectivity index (χ0n) is 17.2. The molecule has 28 heavy (non-hydrogen) atoms. The second-order valence-electron chi connectivity index (χ2n) is 6.52. The SMILES string of the molecule is CCNC(=NCc1cccc(OCC(=O)N(C)C)c1)NCc1nc(C)c(C)s1. The van der Waals surface area contributed by atoms with Crippen molar-refractivity contribution in [2.24, 2.45) is 4.99 Å². The number of aliphatic imine (C=N–C) groups is 1. The van der Waals surface area contributed by atoms with Gasteiger partial charge in [0.2, 0.25) is 0 Å². The Kier molecular flexibility index (Phi) is 8.25. The van der Waals surface area contributed by atoms with Gasteiger partial charge >= 0.3 is 0 Å². The van der Waals surface area contributed by atoms with Crippen molar-refractivity contribution in [3.8, 4) is 5.75 Å². The van der Waals surface area contributed by atoms with Gasteiger partial charge in [-0.05, 0) is 38.5 Å². The summed E-state index contributed by atoms with van der Waals surface area (Å²) < 4.78 is 5.57. The molecule has 0 atom stereocenters. The van der Waals surface area contributed by atoms with Crippen LogP contribution >= 0.6 is 11.3 Å². The first-order valence-electron chi connectivity index (χ1n) is 9.26. The van der Waals surface area contributed by atoms with E-state index in [1.54, 1.807) is 25.4 Å². The van der Waals surface area contributed by atoms with E-state index in [2.05, 4.69) is 27.5 Å². The minimum atomic E-state index is -0.0743. The van der Waals surface area contributed by atoms with E-state index in [0.29, 0.717) is 18.8 Å². The molecule has 7 nitrogen and oxygen atoms in total. The van der Waals surface area contributed by atoms with Gasteiger partial charge in [0.25, 0.3) is 5.91 Å². The highest BCUT2D eigenvalue weighted by Crippen LogP contribution is 2.16. The number of hydrogen-bond acceptors (Lipinski definition) is 5. The summed E-state index contributed by atoms with van der Waals surface area (Å²) in [6.07, 6.45) is 0. The summed E-state index contributed by atoms with van der Waals surface area (Å²) in [6.45, 7) is 8.08. The summed E-state index contributed by atoms with van der Waals surface area (Å²) in [5.74, 6) is 1.33. The van der Waals surface area contributed by atoms with Gasteiger partial charge in [-0.25, -0.2) is 9.98 Å². The number of carbonyl (C=O) groups is 1. The van der Waals surface area contributed by atoms with Crippen molar-refractivity contribution in [2.75, 3.05) is 27.2 Å². The van der Waals surface area contributed by atoms with Crippen LogP contribution in [-0.2, 0) is 17.9 Å².